The number of ether oxygens (including phenoxy) is 1. The van der Waals surface area contributed by atoms with E-state index in [9.17, 15) is 4.39 Å². The number of nitrogens with zero attached hydrogens (tertiary/aromatic N) is 1. The molecule has 3 heteroatoms. The fourth-order valence-electron chi connectivity index (χ4n) is 1.50. The molecule has 0 atom stereocenters. The number of methoxy groups -OCH3 is 1. The van der Waals surface area contributed by atoms with Gasteiger partial charge in [0.2, 0.25) is 0 Å². The second kappa shape index (κ2) is 4.67. The van der Waals surface area contributed by atoms with Crippen LogP contribution in [0.3, 0.4) is 0 Å². The highest BCUT2D eigenvalue weighted by molar-refractivity contribution is 5.62. The first-order valence-corrected chi connectivity index (χ1v) is 5.01. The van der Waals surface area contributed by atoms with Crippen molar-refractivity contribution in [3.8, 4) is 29.4 Å². The zero-order valence-corrected chi connectivity index (χ0v) is 9.27. The Morgan fingerprint density at radius 2 is 2.12 bits per heavy atom. The Labute approximate surface area is 99.1 Å². The van der Waals surface area contributed by atoms with E-state index in [4.69, 9.17) is 11.2 Å². The number of aromatic nitrogens is 1. The topological polar surface area (TPSA) is 22.1 Å². The van der Waals surface area contributed by atoms with Gasteiger partial charge in [0, 0.05) is 23.4 Å². The Kier molecular flexibility index (Phi) is 3.06. The monoisotopic (exact) mass is 227 g/mol. The first-order chi connectivity index (χ1) is 8.24. The normalized spacial score (nSPS) is 9.71. The van der Waals surface area contributed by atoms with Gasteiger partial charge in [0.15, 0.2) is 0 Å². The lowest BCUT2D eigenvalue weighted by Gasteiger charge is -2.05. The average molecular weight is 227 g/mol. The molecule has 84 valence electrons. The van der Waals surface area contributed by atoms with Crippen LogP contribution < -0.4 is 4.74 Å². The lowest BCUT2D eigenvalue weighted by atomic mass is 10.1. The van der Waals surface area contributed by atoms with Crippen LogP contribution in [0.25, 0.3) is 11.3 Å². The van der Waals surface area contributed by atoms with Crippen molar-refractivity contribution in [3.63, 3.8) is 0 Å². The highest BCUT2D eigenvalue weighted by Crippen LogP contribution is 2.24. The number of pyridine rings is 1. The maximum absolute atomic E-state index is 13.8. The first-order valence-electron chi connectivity index (χ1n) is 5.01. The first kappa shape index (κ1) is 11.2. The second-order valence-electron chi connectivity index (χ2n) is 3.42. The van der Waals surface area contributed by atoms with Gasteiger partial charge in [0.25, 0.3) is 0 Å². The molecule has 0 aliphatic heterocycles. The summed E-state index contributed by atoms with van der Waals surface area (Å²) in [4.78, 5) is 4.10. The molecular formula is C14H10FNO. The van der Waals surface area contributed by atoms with Crippen molar-refractivity contribution in [2.45, 2.75) is 0 Å². The van der Waals surface area contributed by atoms with E-state index in [1.165, 1.54) is 13.2 Å². The minimum atomic E-state index is -0.383. The van der Waals surface area contributed by atoms with Gasteiger partial charge in [-0.05, 0) is 24.3 Å². The van der Waals surface area contributed by atoms with Crippen LogP contribution in [0.5, 0.6) is 5.75 Å². The molecule has 0 bridgehead atoms. The molecule has 0 unspecified atom stereocenters. The van der Waals surface area contributed by atoms with E-state index in [0.717, 1.165) is 0 Å². The Morgan fingerprint density at radius 1 is 1.29 bits per heavy atom. The fraction of sp³-hybridized carbons (Fsp3) is 0.0714. The van der Waals surface area contributed by atoms with Crippen LogP contribution in [0, 0.1) is 18.2 Å². The summed E-state index contributed by atoms with van der Waals surface area (Å²) in [6, 6.07) is 7.99. The molecule has 2 rings (SSSR count). The number of rotatable bonds is 2. The smallest absolute Gasteiger partial charge is 0.136 e. The molecule has 1 heterocycles. The summed E-state index contributed by atoms with van der Waals surface area (Å²) in [6.45, 7) is 0. The predicted molar refractivity (Wildman–Crippen MR) is 64.1 cm³/mol. The van der Waals surface area contributed by atoms with Gasteiger partial charge in [-0.2, -0.15) is 0 Å². The maximum Gasteiger partial charge on any atom is 0.136 e. The number of benzene rings is 1. The lowest BCUT2D eigenvalue weighted by Crippen LogP contribution is -1.90. The molecule has 0 saturated carbocycles. The molecule has 0 aliphatic carbocycles. The molecule has 0 amide bonds. The molecule has 0 fully saturated rings. The van der Waals surface area contributed by atoms with Gasteiger partial charge in [-0.25, -0.2) is 4.39 Å². The number of terminal acetylenes is 1. The molecule has 2 nitrogen and oxygen atoms in total. The highest BCUT2D eigenvalue weighted by atomic mass is 19.1. The third kappa shape index (κ3) is 2.26. The molecule has 1 aromatic heterocycles. The SMILES string of the molecule is C#Cc1ccnc(-c2ccc(OC)cc2F)c1. The Bertz CT molecular complexity index is 587. The molecule has 0 saturated heterocycles. The Morgan fingerprint density at radius 3 is 2.76 bits per heavy atom. The zero-order chi connectivity index (χ0) is 12.3. The van der Waals surface area contributed by atoms with E-state index in [1.807, 2.05) is 0 Å². The summed E-state index contributed by atoms with van der Waals surface area (Å²) in [5, 5.41) is 0. The van der Waals surface area contributed by atoms with Gasteiger partial charge < -0.3 is 4.74 Å². The van der Waals surface area contributed by atoms with Gasteiger partial charge in [0.05, 0.1) is 12.8 Å². The van der Waals surface area contributed by atoms with Gasteiger partial charge >= 0.3 is 0 Å². The minimum absolute atomic E-state index is 0.383. The van der Waals surface area contributed by atoms with Crippen molar-refractivity contribution in [3.05, 3.63) is 47.9 Å². The quantitative estimate of drug-likeness (QED) is 0.736. The summed E-state index contributed by atoms with van der Waals surface area (Å²) in [7, 11) is 1.49. The summed E-state index contributed by atoms with van der Waals surface area (Å²) in [5.74, 6) is 2.58. The van der Waals surface area contributed by atoms with Gasteiger partial charge in [-0.15, -0.1) is 6.42 Å². The molecule has 0 spiro atoms. The lowest BCUT2D eigenvalue weighted by molar-refractivity contribution is 0.411. The number of hydrogen-bond donors (Lipinski definition) is 0. The van der Waals surface area contributed by atoms with Crippen molar-refractivity contribution in [1.29, 1.82) is 0 Å². The minimum Gasteiger partial charge on any atom is -0.497 e. The second-order valence-corrected chi connectivity index (χ2v) is 3.42. The van der Waals surface area contributed by atoms with Crippen LogP contribution in [-0.4, -0.2) is 12.1 Å². The van der Waals surface area contributed by atoms with E-state index in [1.54, 1.807) is 30.5 Å². The van der Waals surface area contributed by atoms with Crippen LogP contribution in [-0.2, 0) is 0 Å². The summed E-state index contributed by atoms with van der Waals surface area (Å²) < 4.78 is 18.7. The highest BCUT2D eigenvalue weighted by Gasteiger charge is 2.07. The van der Waals surface area contributed by atoms with Crippen molar-refractivity contribution in [1.82, 2.24) is 4.98 Å². The van der Waals surface area contributed by atoms with Crippen LogP contribution >= 0.6 is 0 Å². The largest absolute Gasteiger partial charge is 0.497 e. The van der Waals surface area contributed by atoms with Gasteiger partial charge in [-0.1, -0.05) is 5.92 Å². The maximum atomic E-state index is 13.8. The zero-order valence-electron chi connectivity index (χ0n) is 9.27. The van der Waals surface area contributed by atoms with E-state index in [-0.39, 0.29) is 5.82 Å². The molecule has 2 aromatic rings. The predicted octanol–water partition coefficient (Wildman–Crippen LogP) is 2.88. The van der Waals surface area contributed by atoms with E-state index in [0.29, 0.717) is 22.6 Å². The Hall–Kier alpha value is -2.34. The standard InChI is InChI=1S/C14H10FNO/c1-3-10-6-7-16-14(8-10)12-5-4-11(17-2)9-13(12)15/h1,4-9H,2H3. The van der Waals surface area contributed by atoms with Crippen LogP contribution in [0.1, 0.15) is 5.56 Å². The molecular weight excluding hydrogens is 217 g/mol. The van der Waals surface area contributed by atoms with E-state index >= 15 is 0 Å². The molecule has 17 heavy (non-hydrogen) atoms. The van der Waals surface area contributed by atoms with Crippen molar-refractivity contribution in [2.24, 2.45) is 0 Å². The third-order valence-electron chi connectivity index (χ3n) is 2.38. The average Bonchev–Trinajstić information content (AvgIpc) is 2.38. The third-order valence-corrected chi connectivity index (χ3v) is 2.38. The fourth-order valence-corrected chi connectivity index (χ4v) is 1.50. The number of hydrogen-bond acceptors (Lipinski definition) is 2. The van der Waals surface area contributed by atoms with E-state index in [2.05, 4.69) is 10.9 Å². The van der Waals surface area contributed by atoms with Crippen LogP contribution in [0.4, 0.5) is 4.39 Å². The summed E-state index contributed by atoms with van der Waals surface area (Å²) in [5.41, 5.74) is 1.59. The summed E-state index contributed by atoms with van der Waals surface area (Å²) in [6.07, 6.45) is 6.85. The van der Waals surface area contributed by atoms with Gasteiger partial charge in [0.1, 0.15) is 11.6 Å². The van der Waals surface area contributed by atoms with Gasteiger partial charge in [-0.3, -0.25) is 4.98 Å². The molecule has 0 N–H and O–H groups in total. The molecule has 0 radical (unpaired) electrons. The van der Waals surface area contributed by atoms with Crippen molar-refractivity contribution < 1.29 is 9.13 Å². The Balaban J connectivity index is 2.49. The van der Waals surface area contributed by atoms with E-state index < -0.39 is 0 Å². The molecule has 1 aromatic carbocycles. The van der Waals surface area contributed by atoms with Crippen LogP contribution in [0.15, 0.2) is 36.5 Å². The van der Waals surface area contributed by atoms with Crippen molar-refractivity contribution >= 4 is 0 Å². The molecule has 0 aliphatic rings. The number of halogens is 1. The van der Waals surface area contributed by atoms with Crippen molar-refractivity contribution in [2.75, 3.05) is 7.11 Å². The summed E-state index contributed by atoms with van der Waals surface area (Å²) >= 11 is 0. The van der Waals surface area contributed by atoms with Crippen LogP contribution in [0.2, 0.25) is 0 Å².